The van der Waals surface area contributed by atoms with Gasteiger partial charge in [-0.05, 0) is 48.2 Å². The Balaban J connectivity index is 1.57. The van der Waals surface area contributed by atoms with Crippen LogP contribution < -0.4 is 9.80 Å². The second-order valence-electron chi connectivity index (χ2n) is 6.26. The van der Waals surface area contributed by atoms with E-state index in [-0.39, 0.29) is 0 Å². The first-order chi connectivity index (χ1) is 11.7. The maximum absolute atomic E-state index is 4.14. The molecule has 0 atom stereocenters. The first kappa shape index (κ1) is 16.2. The van der Waals surface area contributed by atoms with Gasteiger partial charge in [-0.1, -0.05) is 24.3 Å². The summed E-state index contributed by atoms with van der Waals surface area (Å²) in [6.45, 7) is 2.34. The molecule has 4 heteroatoms. The molecule has 4 nitrogen and oxygen atoms in total. The summed E-state index contributed by atoms with van der Waals surface area (Å²) < 4.78 is 0. The Morgan fingerprint density at radius 1 is 0.792 bits per heavy atom. The van der Waals surface area contributed by atoms with Gasteiger partial charge in [0.15, 0.2) is 0 Å². The third-order valence-corrected chi connectivity index (χ3v) is 4.25. The van der Waals surface area contributed by atoms with Gasteiger partial charge < -0.3 is 9.80 Å². The lowest BCUT2D eigenvalue weighted by molar-refractivity contribution is 0.949. The molecule has 0 bridgehead atoms. The highest BCUT2D eigenvalue weighted by atomic mass is 15.2. The number of rotatable bonds is 5. The highest BCUT2D eigenvalue weighted by Crippen LogP contribution is 2.19. The van der Waals surface area contributed by atoms with Crippen molar-refractivity contribution >= 4 is 23.8 Å². The fourth-order valence-corrected chi connectivity index (χ4v) is 2.81. The monoisotopic (exact) mass is 320 g/mol. The lowest BCUT2D eigenvalue weighted by Gasteiger charge is -2.17. The molecule has 0 N–H and O–H groups in total. The molecule has 0 aliphatic carbocycles. The molecule has 3 rings (SSSR count). The predicted octanol–water partition coefficient (Wildman–Crippen LogP) is 3.81. The molecule has 0 saturated carbocycles. The second kappa shape index (κ2) is 7.77. The molecule has 0 spiro atoms. The van der Waals surface area contributed by atoms with E-state index in [1.165, 1.54) is 37.3 Å². The van der Waals surface area contributed by atoms with E-state index in [4.69, 9.17) is 0 Å². The van der Waals surface area contributed by atoms with Crippen LogP contribution in [0.15, 0.2) is 58.7 Å². The van der Waals surface area contributed by atoms with Gasteiger partial charge in [-0.25, -0.2) is 0 Å². The highest BCUT2D eigenvalue weighted by Gasteiger charge is 2.11. The first-order valence-corrected chi connectivity index (χ1v) is 8.41. The van der Waals surface area contributed by atoms with Crippen LogP contribution in [0, 0.1) is 0 Å². The van der Waals surface area contributed by atoms with Crippen molar-refractivity contribution in [2.75, 3.05) is 37.0 Å². The molecule has 2 aromatic carbocycles. The van der Waals surface area contributed by atoms with Crippen LogP contribution in [0.4, 0.5) is 11.4 Å². The number of nitrogens with zero attached hydrogens (tertiary/aromatic N) is 4. The number of hydrogen-bond donors (Lipinski definition) is 0. The van der Waals surface area contributed by atoms with Crippen LogP contribution in [0.5, 0.6) is 0 Å². The molecule has 0 aromatic heterocycles. The van der Waals surface area contributed by atoms with E-state index in [1.807, 2.05) is 26.2 Å². The Labute approximate surface area is 144 Å². The van der Waals surface area contributed by atoms with E-state index in [0.29, 0.717) is 0 Å². The van der Waals surface area contributed by atoms with Crippen molar-refractivity contribution in [2.45, 2.75) is 12.8 Å². The maximum Gasteiger partial charge on any atom is 0.0568 e. The van der Waals surface area contributed by atoms with Gasteiger partial charge in [-0.3, -0.25) is 0 Å². The summed E-state index contributed by atoms with van der Waals surface area (Å²) in [4.78, 5) is 4.50. The summed E-state index contributed by atoms with van der Waals surface area (Å²) in [7, 11) is 4.06. The standard InChI is InChI=1S/C20H24N4/c1-23(2)19-9-5-17(6-10-19)15-21-22-16-18-7-11-20(12-8-18)24-13-3-4-14-24/h5-12,15-16H,3-4,13-14H2,1-2H3/b21-15+,22-16+. The fraction of sp³-hybridized carbons (Fsp3) is 0.300. The number of hydrogen-bond acceptors (Lipinski definition) is 4. The van der Waals surface area contributed by atoms with Crippen molar-refractivity contribution in [1.29, 1.82) is 0 Å². The summed E-state index contributed by atoms with van der Waals surface area (Å²) in [5.74, 6) is 0. The van der Waals surface area contributed by atoms with Crippen molar-refractivity contribution < 1.29 is 0 Å². The van der Waals surface area contributed by atoms with Gasteiger partial charge in [0.05, 0.1) is 12.4 Å². The molecule has 2 aromatic rings. The molecule has 1 aliphatic heterocycles. The number of anilines is 2. The minimum atomic E-state index is 1.04. The first-order valence-electron chi connectivity index (χ1n) is 8.41. The average Bonchev–Trinajstić information content (AvgIpc) is 3.14. The molecule has 24 heavy (non-hydrogen) atoms. The van der Waals surface area contributed by atoms with Gasteiger partial charge in [0.1, 0.15) is 0 Å². The summed E-state index contributed by atoms with van der Waals surface area (Å²) in [5, 5.41) is 8.27. The molecule has 1 heterocycles. The molecule has 0 radical (unpaired) electrons. The molecule has 0 unspecified atom stereocenters. The van der Waals surface area contributed by atoms with Crippen LogP contribution in [0.1, 0.15) is 24.0 Å². The summed E-state index contributed by atoms with van der Waals surface area (Å²) in [6.07, 6.45) is 6.16. The third kappa shape index (κ3) is 4.22. The van der Waals surface area contributed by atoms with E-state index in [9.17, 15) is 0 Å². The van der Waals surface area contributed by atoms with Gasteiger partial charge in [0, 0.05) is 38.6 Å². The summed E-state index contributed by atoms with van der Waals surface area (Å²) in [6, 6.07) is 16.7. The summed E-state index contributed by atoms with van der Waals surface area (Å²) in [5.41, 5.74) is 4.59. The molecule has 1 saturated heterocycles. The van der Waals surface area contributed by atoms with Crippen molar-refractivity contribution in [1.82, 2.24) is 0 Å². The fourth-order valence-electron chi connectivity index (χ4n) is 2.81. The molecular weight excluding hydrogens is 296 g/mol. The van der Waals surface area contributed by atoms with Crippen molar-refractivity contribution in [3.8, 4) is 0 Å². The highest BCUT2D eigenvalue weighted by molar-refractivity contribution is 5.83. The molecule has 1 aliphatic rings. The lowest BCUT2D eigenvalue weighted by atomic mass is 10.2. The topological polar surface area (TPSA) is 31.2 Å². The lowest BCUT2D eigenvalue weighted by Crippen LogP contribution is -2.17. The molecule has 1 fully saturated rings. The van der Waals surface area contributed by atoms with E-state index in [0.717, 1.165) is 11.1 Å². The minimum absolute atomic E-state index is 1.04. The van der Waals surface area contributed by atoms with Crippen LogP contribution in [-0.2, 0) is 0 Å². The SMILES string of the molecule is CN(C)c1ccc(/C=N/N=C/c2ccc(N3CCCC3)cc2)cc1. The van der Waals surface area contributed by atoms with Gasteiger partial charge in [0.25, 0.3) is 0 Å². The Kier molecular flexibility index (Phi) is 5.26. The molecule has 124 valence electrons. The average molecular weight is 320 g/mol. The quantitative estimate of drug-likeness (QED) is 0.620. The van der Waals surface area contributed by atoms with E-state index in [2.05, 4.69) is 56.4 Å². The minimum Gasteiger partial charge on any atom is -0.378 e. The van der Waals surface area contributed by atoms with E-state index >= 15 is 0 Å². The van der Waals surface area contributed by atoms with Crippen LogP contribution >= 0.6 is 0 Å². The second-order valence-corrected chi connectivity index (χ2v) is 6.26. The zero-order valence-corrected chi connectivity index (χ0v) is 14.4. The van der Waals surface area contributed by atoms with Crippen molar-refractivity contribution in [2.24, 2.45) is 10.2 Å². The molecule has 0 amide bonds. The van der Waals surface area contributed by atoms with Crippen molar-refractivity contribution in [3.63, 3.8) is 0 Å². The maximum atomic E-state index is 4.14. The largest absolute Gasteiger partial charge is 0.378 e. The number of benzene rings is 2. The van der Waals surface area contributed by atoms with Crippen LogP contribution in [-0.4, -0.2) is 39.6 Å². The van der Waals surface area contributed by atoms with Gasteiger partial charge >= 0.3 is 0 Å². The predicted molar refractivity (Wildman–Crippen MR) is 104 cm³/mol. The van der Waals surface area contributed by atoms with Crippen LogP contribution in [0.3, 0.4) is 0 Å². The van der Waals surface area contributed by atoms with E-state index < -0.39 is 0 Å². The van der Waals surface area contributed by atoms with Crippen LogP contribution in [0.2, 0.25) is 0 Å². The zero-order chi connectivity index (χ0) is 16.8. The smallest absolute Gasteiger partial charge is 0.0568 e. The van der Waals surface area contributed by atoms with Crippen molar-refractivity contribution in [3.05, 3.63) is 59.7 Å². The Morgan fingerprint density at radius 2 is 1.29 bits per heavy atom. The normalized spacial score (nSPS) is 14.8. The van der Waals surface area contributed by atoms with Crippen LogP contribution in [0.25, 0.3) is 0 Å². The Morgan fingerprint density at radius 3 is 1.79 bits per heavy atom. The Bertz CT molecular complexity index is 693. The van der Waals surface area contributed by atoms with Gasteiger partial charge in [0.2, 0.25) is 0 Å². The third-order valence-electron chi connectivity index (χ3n) is 4.25. The molecular formula is C20H24N4. The summed E-state index contributed by atoms with van der Waals surface area (Å²) >= 11 is 0. The Hall–Kier alpha value is -2.62. The van der Waals surface area contributed by atoms with E-state index in [1.54, 1.807) is 12.4 Å². The van der Waals surface area contributed by atoms with Gasteiger partial charge in [-0.2, -0.15) is 10.2 Å². The van der Waals surface area contributed by atoms with Gasteiger partial charge in [-0.15, -0.1) is 0 Å². The zero-order valence-electron chi connectivity index (χ0n) is 14.4.